The van der Waals surface area contributed by atoms with Gasteiger partial charge in [-0.05, 0) is 31.2 Å². The quantitative estimate of drug-likeness (QED) is 0.787. The van der Waals surface area contributed by atoms with Crippen LogP contribution in [0, 0.1) is 11.3 Å². The molecule has 3 rings (SSSR count). The predicted molar refractivity (Wildman–Crippen MR) is 93.6 cm³/mol. The number of piperazine rings is 1. The van der Waals surface area contributed by atoms with E-state index in [4.69, 9.17) is 10.00 Å². The van der Waals surface area contributed by atoms with Crippen LogP contribution < -0.4 is 9.80 Å². The van der Waals surface area contributed by atoms with Crippen molar-refractivity contribution in [3.63, 3.8) is 0 Å². The van der Waals surface area contributed by atoms with E-state index in [-0.39, 0.29) is 5.97 Å². The standard InChI is InChI=1S/C18H19N5O2/c1-2-25-18(24)15-3-4-16(21-13-15)22-7-9-23(10-8-22)17-11-14(12-19)5-6-20-17/h3-6,11,13H,2,7-10H2,1H3. The normalized spacial score (nSPS) is 14.1. The number of esters is 1. The Hall–Kier alpha value is -3.14. The second-order valence-corrected chi connectivity index (χ2v) is 5.61. The van der Waals surface area contributed by atoms with Crippen molar-refractivity contribution in [2.45, 2.75) is 6.92 Å². The third kappa shape index (κ3) is 3.86. The minimum Gasteiger partial charge on any atom is -0.462 e. The third-order valence-electron chi connectivity index (χ3n) is 4.06. The smallest absolute Gasteiger partial charge is 0.339 e. The molecule has 0 atom stereocenters. The highest BCUT2D eigenvalue weighted by Gasteiger charge is 2.19. The van der Waals surface area contributed by atoms with Crippen LogP contribution in [0.1, 0.15) is 22.8 Å². The van der Waals surface area contributed by atoms with Crippen molar-refractivity contribution in [1.82, 2.24) is 9.97 Å². The van der Waals surface area contributed by atoms with Gasteiger partial charge in [0.15, 0.2) is 0 Å². The first-order valence-electron chi connectivity index (χ1n) is 8.20. The second kappa shape index (κ2) is 7.62. The highest BCUT2D eigenvalue weighted by Crippen LogP contribution is 2.18. The van der Waals surface area contributed by atoms with Gasteiger partial charge in [-0.15, -0.1) is 0 Å². The first-order valence-corrected chi connectivity index (χ1v) is 8.20. The molecule has 7 nitrogen and oxygen atoms in total. The number of nitriles is 1. The van der Waals surface area contributed by atoms with Crippen LogP contribution in [0.15, 0.2) is 36.7 Å². The van der Waals surface area contributed by atoms with Crippen LogP contribution in [0.5, 0.6) is 0 Å². The summed E-state index contributed by atoms with van der Waals surface area (Å²) in [6.45, 7) is 5.31. The number of hydrogen-bond acceptors (Lipinski definition) is 7. The van der Waals surface area contributed by atoms with Crippen LogP contribution in [0.3, 0.4) is 0 Å². The van der Waals surface area contributed by atoms with Gasteiger partial charge in [0, 0.05) is 38.6 Å². The second-order valence-electron chi connectivity index (χ2n) is 5.61. The summed E-state index contributed by atoms with van der Waals surface area (Å²) >= 11 is 0. The fourth-order valence-electron chi connectivity index (χ4n) is 2.73. The number of ether oxygens (including phenoxy) is 1. The Bertz CT molecular complexity index is 777. The first kappa shape index (κ1) is 16.7. The van der Waals surface area contributed by atoms with Gasteiger partial charge in [-0.2, -0.15) is 5.26 Å². The summed E-state index contributed by atoms with van der Waals surface area (Å²) in [7, 11) is 0. The van der Waals surface area contributed by atoms with E-state index in [0.717, 1.165) is 37.8 Å². The highest BCUT2D eigenvalue weighted by atomic mass is 16.5. The van der Waals surface area contributed by atoms with E-state index in [1.54, 1.807) is 31.5 Å². The molecule has 1 aliphatic heterocycles. The number of nitrogens with zero attached hydrogens (tertiary/aromatic N) is 5. The van der Waals surface area contributed by atoms with Gasteiger partial charge < -0.3 is 14.5 Å². The molecular formula is C18H19N5O2. The molecule has 0 aromatic carbocycles. The molecular weight excluding hydrogens is 318 g/mol. The van der Waals surface area contributed by atoms with Gasteiger partial charge in [0.1, 0.15) is 11.6 Å². The van der Waals surface area contributed by atoms with E-state index in [9.17, 15) is 4.79 Å². The first-order chi connectivity index (χ1) is 12.2. The molecule has 7 heteroatoms. The fourth-order valence-corrected chi connectivity index (χ4v) is 2.73. The number of rotatable bonds is 4. The molecule has 3 heterocycles. The molecule has 0 spiro atoms. The minimum atomic E-state index is -0.352. The molecule has 2 aromatic heterocycles. The number of carbonyl (C=O) groups excluding carboxylic acids is 1. The summed E-state index contributed by atoms with van der Waals surface area (Å²) in [4.78, 5) is 24.7. The molecule has 0 N–H and O–H groups in total. The van der Waals surface area contributed by atoms with E-state index >= 15 is 0 Å². The third-order valence-corrected chi connectivity index (χ3v) is 4.06. The zero-order valence-electron chi connectivity index (χ0n) is 14.1. The average Bonchev–Trinajstić information content (AvgIpc) is 2.68. The molecule has 0 amide bonds. The SMILES string of the molecule is CCOC(=O)c1ccc(N2CCN(c3cc(C#N)ccn3)CC2)nc1. The molecule has 1 saturated heterocycles. The summed E-state index contributed by atoms with van der Waals surface area (Å²) in [6.07, 6.45) is 3.22. The summed E-state index contributed by atoms with van der Waals surface area (Å²) in [5.41, 5.74) is 1.07. The fraction of sp³-hybridized carbons (Fsp3) is 0.333. The van der Waals surface area contributed by atoms with E-state index in [1.807, 2.05) is 12.1 Å². The maximum absolute atomic E-state index is 11.7. The number of anilines is 2. The van der Waals surface area contributed by atoms with Crippen molar-refractivity contribution in [1.29, 1.82) is 5.26 Å². The van der Waals surface area contributed by atoms with Gasteiger partial charge in [0.05, 0.1) is 23.8 Å². The Morgan fingerprint density at radius 1 is 1.16 bits per heavy atom. The highest BCUT2D eigenvalue weighted by molar-refractivity contribution is 5.89. The van der Waals surface area contributed by atoms with E-state index in [0.29, 0.717) is 17.7 Å². The topological polar surface area (TPSA) is 82.4 Å². The van der Waals surface area contributed by atoms with Crippen molar-refractivity contribution in [2.75, 3.05) is 42.6 Å². The molecule has 1 aliphatic rings. The minimum absolute atomic E-state index is 0.351. The van der Waals surface area contributed by atoms with E-state index in [1.165, 1.54) is 0 Å². The molecule has 25 heavy (non-hydrogen) atoms. The summed E-state index contributed by atoms with van der Waals surface area (Å²) in [5.74, 6) is 1.31. The zero-order chi connectivity index (χ0) is 17.6. The van der Waals surface area contributed by atoms with Crippen molar-refractivity contribution in [2.24, 2.45) is 0 Å². The predicted octanol–water partition coefficient (Wildman–Crippen LogP) is 1.85. The van der Waals surface area contributed by atoms with Gasteiger partial charge in [-0.3, -0.25) is 0 Å². The van der Waals surface area contributed by atoms with Gasteiger partial charge in [-0.25, -0.2) is 14.8 Å². The maximum atomic E-state index is 11.7. The number of pyridine rings is 2. The van der Waals surface area contributed by atoms with Crippen LogP contribution in [0.25, 0.3) is 0 Å². The Kier molecular flexibility index (Phi) is 5.09. The van der Waals surface area contributed by atoms with Crippen molar-refractivity contribution in [3.05, 3.63) is 47.8 Å². The Balaban J connectivity index is 1.62. The van der Waals surface area contributed by atoms with Gasteiger partial charge in [0.2, 0.25) is 0 Å². The van der Waals surface area contributed by atoms with Crippen molar-refractivity contribution >= 4 is 17.6 Å². The Morgan fingerprint density at radius 2 is 1.88 bits per heavy atom. The van der Waals surface area contributed by atoms with E-state index < -0.39 is 0 Å². The molecule has 0 aliphatic carbocycles. The molecule has 1 fully saturated rings. The molecule has 0 unspecified atom stereocenters. The van der Waals surface area contributed by atoms with E-state index in [2.05, 4.69) is 25.8 Å². The molecule has 128 valence electrons. The molecule has 0 saturated carbocycles. The van der Waals surface area contributed by atoms with Crippen LogP contribution in [-0.4, -0.2) is 48.7 Å². The Morgan fingerprint density at radius 3 is 2.48 bits per heavy atom. The molecule has 0 radical (unpaired) electrons. The monoisotopic (exact) mass is 337 g/mol. The molecule has 0 bridgehead atoms. The number of aromatic nitrogens is 2. The lowest BCUT2D eigenvalue weighted by Crippen LogP contribution is -2.47. The van der Waals surface area contributed by atoms with Crippen LogP contribution >= 0.6 is 0 Å². The van der Waals surface area contributed by atoms with Crippen LogP contribution in [-0.2, 0) is 4.74 Å². The van der Waals surface area contributed by atoms with Crippen LogP contribution in [0.2, 0.25) is 0 Å². The largest absolute Gasteiger partial charge is 0.462 e. The number of hydrogen-bond donors (Lipinski definition) is 0. The zero-order valence-corrected chi connectivity index (χ0v) is 14.1. The van der Waals surface area contributed by atoms with Crippen LogP contribution in [0.4, 0.5) is 11.6 Å². The van der Waals surface area contributed by atoms with Gasteiger partial charge in [0.25, 0.3) is 0 Å². The van der Waals surface area contributed by atoms with Crippen molar-refractivity contribution in [3.8, 4) is 6.07 Å². The lowest BCUT2D eigenvalue weighted by Gasteiger charge is -2.36. The van der Waals surface area contributed by atoms with Gasteiger partial charge in [-0.1, -0.05) is 0 Å². The summed E-state index contributed by atoms with van der Waals surface area (Å²) in [5, 5.41) is 9.00. The Labute approximate surface area is 146 Å². The average molecular weight is 337 g/mol. The summed E-state index contributed by atoms with van der Waals surface area (Å²) < 4.78 is 4.97. The summed E-state index contributed by atoms with van der Waals surface area (Å²) in [6, 6.07) is 9.23. The van der Waals surface area contributed by atoms with Gasteiger partial charge >= 0.3 is 5.97 Å². The molecule has 2 aromatic rings. The maximum Gasteiger partial charge on any atom is 0.339 e. The van der Waals surface area contributed by atoms with Crippen molar-refractivity contribution < 1.29 is 9.53 Å². The number of carbonyl (C=O) groups is 1. The lowest BCUT2D eigenvalue weighted by atomic mass is 10.2. The lowest BCUT2D eigenvalue weighted by molar-refractivity contribution is 0.0526.